The van der Waals surface area contributed by atoms with Crippen molar-refractivity contribution in [3.05, 3.63) is 65.7 Å². The Bertz CT molecular complexity index is 890. The SMILES string of the molecule is C[C@@H]1C(=O)N[C@H](c2ccccc2)[C@@]2(C(=O)Nc3ccccc32)[C@@H]1C1CC1. The average Bonchev–Trinajstić information content (AvgIpc) is 3.45. The number of nitrogens with one attached hydrogen (secondary N) is 2. The predicted octanol–water partition coefficient (Wildman–Crippen LogP) is 3.41. The van der Waals surface area contributed by atoms with Crippen molar-refractivity contribution in [1.29, 1.82) is 0 Å². The van der Waals surface area contributed by atoms with Crippen LogP contribution in [0, 0.1) is 17.8 Å². The van der Waals surface area contributed by atoms with Crippen LogP contribution in [0.25, 0.3) is 0 Å². The molecule has 4 atom stereocenters. The maximum atomic E-state index is 13.5. The smallest absolute Gasteiger partial charge is 0.237 e. The molecule has 26 heavy (non-hydrogen) atoms. The Morgan fingerprint density at radius 2 is 1.65 bits per heavy atom. The van der Waals surface area contributed by atoms with Gasteiger partial charge in [-0.25, -0.2) is 0 Å². The summed E-state index contributed by atoms with van der Waals surface area (Å²) in [6.07, 6.45) is 2.20. The number of rotatable bonds is 2. The summed E-state index contributed by atoms with van der Waals surface area (Å²) in [6.45, 7) is 1.98. The summed E-state index contributed by atoms with van der Waals surface area (Å²) in [4.78, 5) is 26.4. The van der Waals surface area contributed by atoms with Crippen molar-refractivity contribution in [2.45, 2.75) is 31.2 Å². The van der Waals surface area contributed by atoms with E-state index in [4.69, 9.17) is 0 Å². The third-order valence-corrected chi connectivity index (χ3v) is 6.48. The third-order valence-electron chi connectivity index (χ3n) is 6.48. The normalized spacial score (nSPS) is 32.9. The Labute approximate surface area is 153 Å². The number of hydrogen-bond donors (Lipinski definition) is 2. The van der Waals surface area contributed by atoms with Crippen molar-refractivity contribution in [3.8, 4) is 0 Å². The minimum atomic E-state index is -0.744. The summed E-state index contributed by atoms with van der Waals surface area (Å²) in [5, 5.41) is 6.31. The summed E-state index contributed by atoms with van der Waals surface area (Å²) in [5.41, 5.74) is 2.16. The van der Waals surface area contributed by atoms with Gasteiger partial charge >= 0.3 is 0 Å². The van der Waals surface area contributed by atoms with Crippen LogP contribution in [0.2, 0.25) is 0 Å². The first-order chi connectivity index (χ1) is 12.6. The quantitative estimate of drug-likeness (QED) is 0.875. The molecule has 1 spiro atoms. The lowest BCUT2D eigenvalue weighted by Gasteiger charge is -2.49. The Morgan fingerprint density at radius 3 is 2.38 bits per heavy atom. The minimum Gasteiger partial charge on any atom is -0.348 e. The Kier molecular flexibility index (Phi) is 3.27. The molecule has 1 saturated heterocycles. The number of carbonyl (C=O) groups is 2. The van der Waals surface area contributed by atoms with E-state index in [1.165, 1.54) is 0 Å². The minimum absolute atomic E-state index is 0.0186. The standard InChI is InChI=1S/C22H22N2O2/c1-13-18(14-11-12-14)22(16-9-5-6-10-17(16)23-21(22)26)19(24-20(13)25)15-7-3-2-4-8-15/h2-10,13-14,18-19H,11-12H2,1H3,(H,23,26)(H,24,25)/t13-,18-,19+,22-/m0/s1. The van der Waals surface area contributed by atoms with Crippen LogP contribution >= 0.6 is 0 Å². The van der Waals surface area contributed by atoms with Gasteiger partial charge in [0.15, 0.2) is 0 Å². The molecule has 4 heteroatoms. The van der Waals surface area contributed by atoms with Gasteiger partial charge in [0.1, 0.15) is 5.41 Å². The van der Waals surface area contributed by atoms with E-state index >= 15 is 0 Å². The predicted molar refractivity (Wildman–Crippen MR) is 99.5 cm³/mol. The number of fused-ring (bicyclic) bond motifs is 2. The van der Waals surface area contributed by atoms with Crippen LogP contribution in [0.15, 0.2) is 54.6 Å². The molecular formula is C22H22N2O2. The Morgan fingerprint density at radius 1 is 0.962 bits per heavy atom. The van der Waals surface area contributed by atoms with Gasteiger partial charge in [-0.1, -0.05) is 55.5 Å². The lowest BCUT2D eigenvalue weighted by Crippen LogP contribution is -2.61. The number of piperidine rings is 1. The fraction of sp³-hybridized carbons (Fsp3) is 0.364. The monoisotopic (exact) mass is 346 g/mol. The van der Waals surface area contributed by atoms with Gasteiger partial charge in [0, 0.05) is 11.6 Å². The van der Waals surface area contributed by atoms with Crippen LogP contribution in [-0.4, -0.2) is 11.8 Å². The number of anilines is 1. The van der Waals surface area contributed by atoms with Gasteiger partial charge in [-0.05, 0) is 41.9 Å². The molecule has 1 saturated carbocycles. The Hall–Kier alpha value is -2.62. The summed E-state index contributed by atoms with van der Waals surface area (Å²) in [5.74, 6) is 0.346. The zero-order valence-corrected chi connectivity index (χ0v) is 14.7. The van der Waals surface area contributed by atoms with Crippen molar-refractivity contribution < 1.29 is 9.59 Å². The van der Waals surface area contributed by atoms with Gasteiger partial charge in [0.25, 0.3) is 0 Å². The molecule has 0 bridgehead atoms. The highest BCUT2D eigenvalue weighted by molar-refractivity contribution is 6.08. The van der Waals surface area contributed by atoms with Crippen LogP contribution in [0.5, 0.6) is 0 Å². The van der Waals surface area contributed by atoms with E-state index in [0.29, 0.717) is 5.92 Å². The van der Waals surface area contributed by atoms with E-state index < -0.39 is 5.41 Å². The number of para-hydroxylation sites is 1. The van der Waals surface area contributed by atoms with E-state index in [0.717, 1.165) is 29.7 Å². The molecule has 132 valence electrons. The van der Waals surface area contributed by atoms with E-state index in [1.54, 1.807) is 0 Å². The molecule has 2 aliphatic heterocycles. The zero-order chi connectivity index (χ0) is 17.9. The second kappa shape index (κ2) is 5.44. The fourth-order valence-corrected chi connectivity index (χ4v) is 5.28. The topological polar surface area (TPSA) is 58.2 Å². The highest BCUT2D eigenvalue weighted by Crippen LogP contribution is 2.60. The summed E-state index contributed by atoms with van der Waals surface area (Å²) >= 11 is 0. The van der Waals surface area contributed by atoms with E-state index in [-0.39, 0.29) is 29.7 Å². The second-order valence-electron chi connectivity index (χ2n) is 7.87. The van der Waals surface area contributed by atoms with E-state index in [2.05, 4.69) is 16.7 Å². The molecule has 2 aromatic rings. The van der Waals surface area contributed by atoms with E-state index in [1.807, 2.05) is 55.5 Å². The third kappa shape index (κ3) is 1.96. The van der Waals surface area contributed by atoms with Gasteiger partial charge in [0.05, 0.1) is 6.04 Å². The lowest BCUT2D eigenvalue weighted by atomic mass is 9.57. The molecule has 0 unspecified atom stereocenters. The van der Waals surface area contributed by atoms with Crippen LogP contribution in [0.1, 0.15) is 36.9 Å². The number of carbonyl (C=O) groups excluding carboxylic acids is 2. The zero-order valence-electron chi connectivity index (χ0n) is 14.7. The molecule has 2 N–H and O–H groups in total. The molecule has 1 aliphatic carbocycles. The molecule has 4 nitrogen and oxygen atoms in total. The molecule has 0 radical (unpaired) electrons. The Balaban J connectivity index is 1.79. The van der Waals surface area contributed by atoms with Crippen LogP contribution in [0.4, 0.5) is 5.69 Å². The molecule has 2 fully saturated rings. The molecule has 2 aromatic carbocycles. The summed E-state index contributed by atoms with van der Waals surface area (Å²) in [6, 6.07) is 17.6. The first-order valence-corrected chi connectivity index (χ1v) is 9.40. The molecular weight excluding hydrogens is 324 g/mol. The van der Waals surface area contributed by atoms with Crippen molar-refractivity contribution >= 4 is 17.5 Å². The van der Waals surface area contributed by atoms with Crippen LogP contribution in [-0.2, 0) is 15.0 Å². The van der Waals surface area contributed by atoms with Crippen molar-refractivity contribution in [2.75, 3.05) is 5.32 Å². The van der Waals surface area contributed by atoms with E-state index in [9.17, 15) is 9.59 Å². The van der Waals surface area contributed by atoms with Gasteiger partial charge in [-0.15, -0.1) is 0 Å². The lowest BCUT2D eigenvalue weighted by molar-refractivity contribution is -0.139. The molecule has 2 amide bonds. The van der Waals surface area contributed by atoms with Crippen molar-refractivity contribution in [2.24, 2.45) is 17.8 Å². The van der Waals surface area contributed by atoms with Gasteiger partial charge in [-0.3, -0.25) is 9.59 Å². The summed E-state index contributed by atoms with van der Waals surface area (Å²) in [7, 11) is 0. The highest BCUT2D eigenvalue weighted by Gasteiger charge is 2.65. The molecule has 3 aliphatic rings. The number of hydrogen-bond acceptors (Lipinski definition) is 2. The first-order valence-electron chi connectivity index (χ1n) is 9.40. The fourth-order valence-electron chi connectivity index (χ4n) is 5.28. The largest absolute Gasteiger partial charge is 0.348 e. The maximum absolute atomic E-state index is 13.5. The maximum Gasteiger partial charge on any atom is 0.237 e. The highest BCUT2D eigenvalue weighted by atomic mass is 16.2. The molecule has 5 rings (SSSR count). The van der Waals surface area contributed by atoms with Gasteiger partial charge in [0.2, 0.25) is 11.8 Å². The summed E-state index contributed by atoms with van der Waals surface area (Å²) < 4.78 is 0. The molecule has 2 heterocycles. The second-order valence-corrected chi connectivity index (χ2v) is 7.87. The van der Waals surface area contributed by atoms with Crippen LogP contribution in [0.3, 0.4) is 0 Å². The molecule has 0 aromatic heterocycles. The van der Waals surface area contributed by atoms with Gasteiger partial charge < -0.3 is 10.6 Å². The van der Waals surface area contributed by atoms with Crippen molar-refractivity contribution in [1.82, 2.24) is 5.32 Å². The average molecular weight is 346 g/mol. The number of amides is 2. The first kappa shape index (κ1) is 15.6. The van der Waals surface area contributed by atoms with Gasteiger partial charge in [-0.2, -0.15) is 0 Å². The van der Waals surface area contributed by atoms with Crippen molar-refractivity contribution in [3.63, 3.8) is 0 Å². The number of benzene rings is 2. The van der Waals surface area contributed by atoms with Crippen LogP contribution < -0.4 is 10.6 Å².